The molecule has 0 aliphatic heterocycles. The monoisotopic (exact) mass is 197 g/mol. The van der Waals surface area contributed by atoms with Gasteiger partial charge in [-0.15, -0.1) is 0 Å². The Hall–Kier alpha value is -0.560. The fraction of sp³-hybridized carbons (Fsp3) is 0.545. The van der Waals surface area contributed by atoms with E-state index in [4.69, 9.17) is 11.6 Å². The maximum Gasteiger partial charge on any atom is 0.0621 e. The molecule has 72 valence electrons. The van der Waals surface area contributed by atoms with Gasteiger partial charge in [-0.3, -0.25) is 4.98 Å². The molecule has 0 fully saturated rings. The summed E-state index contributed by atoms with van der Waals surface area (Å²) in [5.41, 5.74) is 3.33. The number of hydrogen-bond acceptors (Lipinski definition) is 1. The number of rotatable bonds is 0. The highest BCUT2D eigenvalue weighted by Crippen LogP contribution is 2.28. The van der Waals surface area contributed by atoms with Gasteiger partial charge in [-0.25, -0.2) is 0 Å². The van der Waals surface area contributed by atoms with Crippen LogP contribution in [0.25, 0.3) is 0 Å². The maximum absolute atomic E-state index is 6.03. The van der Waals surface area contributed by atoms with Gasteiger partial charge in [0.15, 0.2) is 0 Å². The molecule has 2 heteroatoms. The van der Waals surface area contributed by atoms with Crippen LogP contribution in [0.3, 0.4) is 0 Å². The molecule has 0 atom stereocenters. The van der Waals surface area contributed by atoms with Crippen molar-refractivity contribution in [3.05, 3.63) is 28.0 Å². The quantitative estimate of drug-likeness (QED) is 0.619. The van der Waals surface area contributed by atoms with E-state index >= 15 is 0 Å². The van der Waals surface area contributed by atoms with Crippen molar-refractivity contribution in [1.29, 1.82) is 0 Å². The molecule has 1 heterocycles. The lowest BCUT2D eigenvalue weighted by Crippen LogP contribution is -2.14. The predicted octanol–water partition coefficient (Wildman–Crippen LogP) is 3.65. The summed E-state index contributed by atoms with van der Waals surface area (Å²) in [6.45, 7) is 10.5. The van der Waals surface area contributed by atoms with Crippen LogP contribution in [-0.2, 0) is 5.41 Å². The van der Waals surface area contributed by atoms with E-state index < -0.39 is 0 Å². The molecule has 0 amide bonds. The lowest BCUT2D eigenvalue weighted by atomic mass is 9.86. The lowest BCUT2D eigenvalue weighted by Gasteiger charge is -2.21. The Balaban J connectivity index is 3.32. The third-order valence-electron chi connectivity index (χ3n) is 2.15. The van der Waals surface area contributed by atoms with Gasteiger partial charge >= 0.3 is 0 Å². The first-order chi connectivity index (χ1) is 5.82. The molecule has 0 saturated carbocycles. The Labute approximate surface area is 85.1 Å². The number of aryl methyl sites for hydroxylation is 2. The number of hydrogen-bond donors (Lipinski definition) is 0. The van der Waals surface area contributed by atoms with Crippen LogP contribution in [0, 0.1) is 13.8 Å². The molecule has 0 aliphatic rings. The van der Waals surface area contributed by atoms with Gasteiger partial charge in [-0.2, -0.15) is 0 Å². The minimum absolute atomic E-state index is 0.119. The summed E-state index contributed by atoms with van der Waals surface area (Å²) >= 11 is 6.03. The molecule has 0 saturated heterocycles. The molecule has 1 rings (SSSR count). The van der Waals surface area contributed by atoms with Crippen molar-refractivity contribution in [1.82, 2.24) is 4.98 Å². The first-order valence-corrected chi connectivity index (χ1v) is 4.84. The second kappa shape index (κ2) is 3.30. The van der Waals surface area contributed by atoms with Gasteiger partial charge in [0.1, 0.15) is 0 Å². The van der Waals surface area contributed by atoms with Gasteiger partial charge in [0.2, 0.25) is 0 Å². The van der Waals surface area contributed by atoms with E-state index in [1.807, 2.05) is 19.9 Å². The Morgan fingerprint density at radius 1 is 1.15 bits per heavy atom. The molecule has 0 radical (unpaired) electrons. The Kier molecular flexibility index (Phi) is 2.67. The van der Waals surface area contributed by atoms with Crippen LogP contribution >= 0.6 is 11.6 Å². The van der Waals surface area contributed by atoms with E-state index in [9.17, 15) is 0 Å². The zero-order valence-corrected chi connectivity index (χ0v) is 9.66. The second-order valence-electron chi connectivity index (χ2n) is 4.44. The molecule has 1 aromatic heterocycles. The average Bonchev–Trinajstić information content (AvgIpc) is 1.94. The van der Waals surface area contributed by atoms with E-state index in [-0.39, 0.29) is 5.41 Å². The van der Waals surface area contributed by atoms with Gasteiger partial charge in [0.25, 0.3) is 0 Å². The van der Waals surface area contributed by atoms with Crippen LogP contribution in [0.4, 0.5) is 0 Å². The number of aromatic nitrogens is 1. The van der Waals surface area contributed by atoms with E-state index in [0.717, 1.165) is 16.4 Å². The molecule has 1 aromatic rings. The Morgan fingerprint density at radius 2 is 1.69 bits per heavy atom. The minimum Gasteiger partial charge on any atom is -0.257 e. The first kappa shape index (κ1) is 10.5. The fourth-order valence-electron chi connectivity index (χ4n) is 1.46. The number of nitrogens with zero attached hydrogens (tertiary/aromatic N) is 1. The van der Waals surface area contributed by atoms with E-state index in [1.165, 1.54) is 5.56 Å². The normalized spacial score (nSPS) is 11.8. The molecule has 13 heavy (non-hydrogen) atoms. The topological polar surface area (TPSA) is 12.9 Å². The van der Waals surface area contributed by atoms with Gasteiger partial charge < -0.3 is 0 Å². The predicted molar refractivity (Wildman–Crippen MR) is 57.4 cm³/mol. The van der Waals surface area contributed by atoms with Crippen LogP contribution in [0.15, 0.2) is 6.07 Å². The smallest absolute Gasteiger partial charge is 0.0621 e. The van der Waals surface area contributed by atoms with Crippen molar-refractivity contribution in [2.75, 3.05) is 0 Å². The highest BCUT2D eigenvalue weighted by atomic mass is 35.5. The molecule has 0 N–H and O–H groups in total. The summed E-state index contributed by atoms with van der Waals surface area (Å²) in [4.78, 5) is 4.41. The van der Waals surface area contributed by atoms with Gasteiger partial charge in [0, 0.05) is 5.69 Å². The number of pyridine rings is 1. The average molecular weight is 198 g/mol. The van der Waals surface area contributed by atoms with Crippen molar-refractivity contribution >= 4 is 11.6 Å². The summed E-state index contributed by atoms with van der Waals surface area (Å²) in [5, 5.41) is 0.760. The van der Waals surface area contributed by atoms with Gasteiger partial charge in [-0.1, -0.05) is 32.4 Å². The largest absolute Gasteiger partial charge is 0.257 e. The molecule has 0 spiro atoms. The van der Waals surface area contributed by atoms with E-state index in [0.29, 0.717) is 0 Å². The zero-order chi connectivity index (χ0) is 10.2. The summed E-state index contributed by atoms with van der Waals surface area (Å²) in [7, 11) is 0. The van der Waals surface area contributed by atoms with Crippen molar-refractivity contribution in [3.63, 3.8) is 0 Å². The van der Waals surface area contributed by atoms with Crippen LogP contribution in [0.1, 0.15) is 37.7 Å². The van der Waals surface area contributed by atoms with Crippen molar-refractivity contribution < 1.29 is 0 Å². The van der Waals surface area contributed by atoms with Crippen LogP contribution < -0.4 is 0 Å². The SMILES string of the molecule is Cc1nc(C)c(C(C)(C)C)cc1Cl. The Morgan fingerprint density at radius 3 is 2.15 bits per heavy atom. The summed E-state index contributed by atoms with van der Waals surface area (Å²) in [5.74, 6) is 0. The third-order valence-corrected chi connectivity index (χ3v) is 2.53. The summed E-state index contributed by atoms with van der Waals surface area (Å²) in [6, 6.07) is 2.03. The van der Waals surface area contributed by atoms with Crippen LogP contribution in [-0.4, -0.2) is 4.98 Å². The van der Waals surface area contributed by atoms with Gasteiger partial charge in [-0.05, 0) is 30.9 Å². The van der Waals surface area contributed by atoms with Crippen molar-refractivity contribution in [3.8, 4) is 0 Å². The number of halogens is 1. The molecule has 0 aliphatic carbocycles. The second-order valence-corrected chi connectivity index (χ2v) is 4.85. The van der Waals surface area contributed by atoms with Crippen molar-refractivity contribution in [2.24, 2.45) is 0 Å². The van der Waals surface area contributed by atoms with Crippen LogP contribution in [0.5, 0.6) is 0 Å². The van der Waals surface area contributed by atoms with Crippen LogP contribution in [0.2, 0.25) is 5.02 Å². The highest BCUT2D eigenvalue weighted by molar-refractivity contribution is 6.31. The van der Waals surface area contributed by atoms with E-state index in [2.05, 4.69) is 25.8 Å². The van der Waals surface area contributed by atoms with Crippen molar-refractivity contribution in [2.45, 2.75) is 40.0 Å². The molecule has 0 unspecified atom stereocenters. The molecule has 1 nitrogen and oxygen atoms in total. The summed E-state index contributed by atoms with van der Waals surface area (Å²) in [6.07, 6.45) is 0. The molecular formula is C11H16ClN. The minimum atomic E-state index is 0.119. The third kappa shape index (κ3) is 2.22. The summed E-state index contributed by atoms with van der Waals surface area (Å²) < 4.78 is 0. The zero-order valence-electron chi connectivity index (χ0n) is 8.90. The maximum atomic E-state index is 6.03. The Bertz CT molecular complexity index is 324. The standard InChI is InChI=1S/C11H16ClN/c1-7-9(11(3,4)5)6-10(12)8(2)13-7/h6H,1-5H3. The molecule has 0 aromatic carbocycles. The lowest BCUT2D eigenvalue weighted by molar-refractivity contribution is 0.581. The molecular weight excluding hydrogens is 182 g/mol. The highest BCUT2D eigenvalue weighted by Gasteiger charge is 2.18. The first-order valence-electron chi connectivity index (χ1n) is 4.46. The van der Waals surface area contributed by atoms with Gasteiger partial charge in [0.05, 0.1) is 10.7 Å². The molecule has 0 bridgehead atoms. The fourth-order valence-corrected chi connectivity index (χ4v) is 1.61. The van der Waals surface area contributed by atoms with E-state index in [1.54, 1.807) is 0 Å².